The Hall–Kier alpha value is -2.37. The largest absolute Gasteiger partial charge is 0.497 e. The number of carbonyl (C=O) groups is 2. The van der Waals surface area contributed by atoms with Crippen molar-refractivity contribution in [3.05, 3.63) is 18.2 Å². The monoisotopic (exact) mass is 482 g/mol. The molecule has 1 atom stereocenters. The highest BCUT2D eigenvalue weighted by Crippen LogP contribution is 2.31. The number of ether oxygens (including phenoxy) is 2. The van der Waals surface area contributed by atoms with Gasteiger partial charge in [0.1, 0.15) is 16.4 Å². The minimum atomic E-state index is -3.80. The summed E-state index contributed by atoms with van der Waals surface area (Å²) in [6, 6.07) is 4.74. The van der Waals surface area contributed by atoms with E-state index in [4.69, 9.17) is 9.47 Å². The number of hydrogen-bond donors (Lipinski definition) is 1. The molecule has 2 saturated heterocycles. The van der Waals surface area contributed by atoms with Crippen LogP contribution in [0.2, 0.25) is 0 Å². The summed E-state index contributed by atoms with van der Waals surface area (Å²) in [7, 11) is -0.891. The van der Waals surface area contributed by atoms with Crippen molar-refractivity contribution in [1.82, 2.24) is 19.4 Å². The van der Waals surface area contributed by atoms with Gasteiger partial charge in [-0.2, -0.15) is 4.31 Å². The Morgan fingerprint density at radius 2 is 1.82 bits per heavy atom. The number of rotatable bonds is 8. The molecule has 0 bridgehead atoms. The van der Waals surface area contributed by atoms with Crippen molar-refractivity contribution in [3.63, 3.8) is 0 Å². The first-order valence-corrected chi connectivity index (χ1v) is 12.7. The van der Waals surface area contributed by atoms with E-state index in [1.54, 1.807) is 17.0 Å². The summed E-state index contributed by atoms with van der Waals surface area (Å²) in [6.07, 6.45) is 2.29. The molecular formula is C22H34N4O6S. The molecule has 2 aliphatic rings. The van der Waals surface area contributed by atoms with Gasteiger partial charge in [0.05, 0.1) is 20.8 Å². The minimum Gasteiger partial charge on any atom is -0.497 e. The van der Waals surface area contributed by atoms with Crippen LogP contribution in [0.3, 0.4) is 0 Å². The minimum absolute atomic E-state index is 0.0199. The predicted molar refractivity (Wildman–Crippen MR) is 123 cm³/mol. The molecule has 11 heteroatoms. The van der Waals surface area contributed by atoms with Gasteiger partial charge in [-0.25, -0.2) is 8.42 Å². The Kier molecular flexibility index (Phi) is 8.55. The van der Waals surface area contributed by atoms with E-state index in [2.05, 4.69) is 10.2 Å². The predicted octanol–water partition coefficient (Wildman–Crippen LogP) is 0.527. The molecule has 3 rings (SSSR count). The number of benzene rings is 1. The molecule has 0 radical (unpaired) electrons. The number of carbonyl (C=O) groups excluding carboxylic acids is 2. The molecule has 0 aliphatic carbocycles. The average Bonchev–Trinajstić information content (AvgIpc) is 2.83. The molecule has 184 valence electrons. The number of nitrogens with zero attached hydrogens (tertiary/aromatic N) is 3. The van der Waals surface area contributed by atoms with Crippen molar-refractivity contribution in [2.75, 3.05) is 60.0 Å². The molecule has 0 aromatic heterocycles. The quantitative estimate of drug-likeness (QED) is 0.576. The van der Waals surface area contributed by atoms with Crippen LogP contribution in [0.4, 0.5) is 0 Å². The topological polar surface area (TPSA) is 108 Å². The fourth-order valence-corrected chi connectivity index (χ4v) is 5.83. The Balaban J connectivity index is 1.57. The molecule has 1 aromatic rings. The molecule has 2 fully saturated rings. The van der Waals surface area contributed by atoms with Crippen molar-refractivity contribution >= 4 is 21.8 Å². The second-order valence-electron chi connectivity index (χ2n) is 8.30. The van der Waals surface area contributed by atoms with Crippen molar-refractivity contribution in [2.24, 2.45) is 0 Å². The number of likely N-dealkylation sites (tertiary alicyclic amines) is 1. The first-order chi connectivity index (χ1) is 15.8. The van der Waals surface area contributed by atoms with Crippen molar-refractivity contribution in [1.29, 1.82) is 0 Å². The normalized spacial score (nSPS) is 20.3. The lowest BCUT2D eigenvalue weighted by Crippen LogP contribution is -2.54. The van der Waals surface area contributed by atoms with E-state index in [9.17, 15) is 18.0 Å². The van der Waals surface area contributed by atoms with Crippen LogP contribution >= 0.6 is 0 Å². The lowest BCUT2D eigenvalue weighted by molar-refractivity contribution is -0.133. The zero-order chi connectivity index (χ0) is 24.0. The number of piperidine rings is 1. The molecule has 0 saturated carbocycles. The molecule has 2 heterocycles. The molecule has 0 spiro atoms. The number of sulfonamides is 1. The van der Waals surface area contributed by atoms with Crippen LogP contribution in [0.25, 0.3) is 0 Å². The third kappa shape index (κ3) is 6.15. The summed E-state index contributed by atoms with van der Waals surface area (Å²) >= 11 is 0. The number of methoxy groups -OCH3 is 2. The standard InChI is InChI=1S/C22H34N4O6S/c1-4-21(27)23-17-6-5-9-24(15-17)16-22(28)25-10-12-26(13-11-25)33(29,30)20-14-18(31-2)7-8-19(20)32-3/h7-8,14,17H,4-6,9-13,15-16H2,1-3H3,(H,23,27). The average molecular weight is 483 g/mol. The van der Waals surface area contributed by atoms with Gasteiger partial charge in [-0.1, -0.05) is 6.92 Å². The van der Waals surface area contributed by atoms with Gasteiger partial charge in [0.25, 0.3) is 0 Å². The molecule has 1 unspecified atom stereocenters. The number of hydrogen-bond acceptors (Lipinski definition) is 7. The second-order valence-corrected chi connectivity index (χ2v) is 10.2. The van der Waals surface area contributed by atoms with E-state index >= 15 is 0 Å². The van der Waals surface area contributed by atoms with Crippen molar-refractivity contribution < 1.29 is 27.5 Å². The van der Waals surface area contributed by atoms with Crippen molar-refractivity contribution in [3.8, 4) is 11.5 Å². The number of amides is 2. The van der Waals surface area contributed by atoms with Crippen molar-refractivity contribution in [2.45, 2.75) is 37.1 Å². The first-order valence-electron chi connectivity index (χ1n) is 11.3. The maximum atomic E-state index is 13.2. The highest BCUT2D eigenvalue weighted by molar-refractivity contribution is 7.89. The molecule has 10 nitrogen and oxygen atoms in total. The summed E-state index contributed by atoms with van der Waals surface area (Å²) in [5.74, 6) is 0.689. The van der Waals surface area contributed by atoms with Crippen LogP contribution < -0.4 is 14.8 Å². The third-order valence-electron chi connectivity index (χ3n) is 6.13. The van der Waals surface area contributed by atoms with Crippen LogP contribution in [0.1, 0.15) is 26.2 Å². The summed E-state index contributed by atoms with van der Waals surface area (Å²) in [5, 5.41) is 3.01. The fourth-order valence-electron chi connectivity index (χ4n) is 4.24. The molecule has 2 amide bonds. The van der Waals surface area contributed by atoms with Gasteiger partial charge in [0, 0.05) is 51.3 Å². The molecule has 33 heavy (non-hydrogen) atoms. The summed E-state index contributed by atoms with van der Waals surface area (Å²) < 4.78 is 38.2. The van der Waals surface area contributed by atoms with Gasteiger partial charge in [-0.15, -0.1) is 0 Å². The van der Waals surface area contributed by atoms with E-state index in [-0.39, 0.29) is 48.1 Å². The van der Waals surface area contributed by atoms with Gasteiger partial charge in [0.15, 0.2) is 0 Å². The highest BCUT2D eigenvalue weighted by atomic mass is 32.2. The van der Waals surface area contributed by atoms with E-state index < -0.39 is 10.0 Å². The molecular weight excluding hydrogens is 448 g/mol. The van der Waals surface area contributed by atoms with Crippen LogP contribution in [-0.4, -0.2) is 100 Å². The Morgan fingerprint density at radius 3 is 2.45 bits per heavy atom. The van der Waals surface area contributed by atoms with Gasteiger partial charge < -0.3 is 19.7 Å². The van der Waals surface area contributed by atoms with E-state index in [1.807, 2.05) is 6.92 Å². The SMILES string of the molecule is CCC(=O)NC1CCCN(CC(=O)N2CCN(S(=O)(=O)c3cc(OC)ccc3OC)CC2)C1. The van der Waals surface area contributed by atoms with Gasteiger partial charge in [-0.3, -0.25) is 14.5 Å². The van der Waals surface area contributed by atoms with Crippen LogP contribution in [-0.2, 0) is 19.6 Å². The van der Waals surface area contributed by atoms with Crippen LogP contribution in [0.5, 0.6) is 11.5 Å². The highest BCUT2D eigenvalue weighted by Gasteiger charge is 2.33. The number of nitrogens with one attached hydrogen (secondary N) is 1. The smallest absolute Gasteiger partial charge is 0.247 e. The summed E-state index contributed by atoms with van der Waals surface area (Å²) in [6.45, 7) is 4.64. The molecule has 1 N–H and O–H groups in total. The fraction of sp³-hybridized carbons (Fsp3) is 0.636. The lowest BCUT2D eigenvalue weighted by atomic mass is 10.1. The van der Waals surface area contributed by atoms with Gasteiger partial charge in [-0.05, 0) is 31.5 Å². The Bertz CT molecular complexity index is 946. The Morgan fingerprint density at radius 1 is 1.09 bits per heavy atom. The maximum Gasteiger partial charge on any atom is 0.247 e. The second kappa shape index (κ2) is 11.2. The van der Waals surface area contributed by atoms with E-state index in [0.29, 0.717) is 31.8 Å². The summed E-state index contributed by atoms with van der Waals surface area (Å²) in [5.41, 5.74) is 0. The first kappa shape index (κ1) is 25.3. The lowest BCUT2D eigenvalue weighted by Gasteiger charge is -2.37. The maximum absolute atomic E-state index is 13.2. The zero-order valence-electron chi connectivity index (χ0n) is 19.6. The van der Waals surface area contributed by atoms with Gasteiger partial charge >= 0.3 is 0 Å². The van der Waals surface area contributed by atoms with E-state index in [0.717, 1.165) is 19.4 Å². The third-order valence-corrected chi connectivity index (χ3v) is 8.05. The Labute approximate surface area is 195 Å². The molecule has 2 aliphatic heterocycles. The molecule has 1 aromatic carbocycles. The van der Waals surface area contributed by atoms with E-state index in [1.165, 1.54) is 24.6 Å². The number of piperazine rings is 1. The van der Waals surface area contributed by atoms with Crippen LogP contribution in [0, 0.1) is 0 Å². The van der Waals surface area contributed by atoms with Gasteiger partial charge in [0.2, 0.25) is 21.8 Å². The zero-order valence-corrected chi connectivity index (χ0v) is 20.4. The summed E-state index contributed by atoms with van der Waals surface area (Å²) in [4.78, 5) is 28.4. The van der Waals surface area contributed by atoms with Crippen LogP contribution in [0.15, 0.2) is 23.1 Å².